The second-order valence-electron chi connectivity index (χ2n) is 6.99. The van der Waals surface area contributed by atoms with Gasteiger partial charge in [-0.15, -0.1) is 0 Å². The number of carboxylic acid groups (broad SMARTS) is 1. The molecule has 0 aliphatic carbocycles. The lowest BCUT2D eigenvalue weighted by Gasteiger charge is -2.34. The molecule has 2 heterocycles. The molecule has 3 aromatic rings. The topological polar surface area (TPSA) is 73.4 Å². The largest absolute Gasteiger partial charge is 0.479 e. The van der Waals surface area contributed by atoms with E-state index in [0.717, 1.165) is 23.1 Å². The van der Waals surface area contributed by atoms with Crippen LogP contribution < -0.4 is 0 Å². The number of carbonyl (C=O) groups excluding carboxylic acids is 1. The quantitative estimate of drug-likeness (QED) is 0.727. The summed E-state index contributed by atoms with van der Waals surface area (Å²) in [7, 11) is 0. The molecule has 0 saturated carbocycles. The van der Waals surface area contributed by atoms with Gasteiger partial charge in [0.15, 0.2) is 6.04 Å². The van der Waals surface area contributed by atoms with E-state index < -0.39 is 12.0 Å². The van der Waals surface area contributed by atoms with E-state index in [9.17, 15) is 14.7 Å². The Morgan fingerprint density at radius 1 is 1.11 bits per heavy atom. The van der Waals surface area contributed by atoms with Crippen molar-refractivity contribution in [2.45, 2.75) is 31.7 Å². The first kappa shape index (κ1) is 17.3. The third-order valence-corrected chi connectivity index (χ3v) is 5.35. The predicted molar refractivity (Wildman–Crippen MR) is 103 cm³/mol. The molecule has 1 amide bonds. The number of carboxylic acids is 1. The van der Waals surface area contributed by atoms with Gasteiger partial charge in [0.2, 0.25) is 5.91 Å². The summed E-state index contributed by atoms with van der Waals surface area (Å²) in [5, 5.41) is 10.9. The lowest BCUT2D eigenvalue weighted by molar-refractivity contribution is -0.151. The lowest BCUT2D eigenvalue weighted by atomic mass is 9.92. The summed E-state index contributed by atoms with van der Waals surface area (Å²) >= 11 is 0. The van der Waals surface area contributed by atoms with Crippen LogP contribution in [0.1, 0.15) is 35.6 Å². The minimum atomic E-state index is -0.966. The molecule has 0 bridgehead atoms. The van der Waals surface area contributed by atoms with Crippen LogP contribution in [0.15, 0.2) is 54.7 Å². The molecule has 0 fully saturated rings. The zero-order chi connectivity index (χ0) is 18.8. The molecule has 138 valence electrons. The summed E-state index contributed by atoms with van der Waals surface area (Å²) in [6, 6.07) is 14.7. The highest BCUT2D eigenvalue weighted by Gasteiger charge is 2.35. The van der Waals surface area contributed by atoms with Crippen LogP contribution in [0.25, 0.3) is 10.9 Å². The second kappa shape index (κ2) is 7.27. The molecule has 1 aromatic heterocycles. The maximum absolute atomic E-state index is 12.8. The second-order valence-corrected chi connectivity index (χ2v) is 6.99. The molecule has 0 spiro atoms. The van der Waals surface area contributed by atoms with E-state index in [0.29, 0.717) is 25.8 Å². The number of hydrogen-bond donors (Lipinski definition) is 2. The zero-order valence-electron chi connectivity index (χ0n) is 15.0. The zero-order valence-corrected chi connectivity index (χ0v) is 15.0. The van der Waals surface area contributed by atoms with Gasteiger partial charge in [-0.1, -0.05) is 42.5 Å². The van der Waals surface area contributed by atoms with Gasteiger partial charge in [-0.3, -0.25) is 4.79 Å². The van der Waals surface area contributed by atoms with Crippen molar-refractivity contribution >= 4 is 22.8 Å². The Bertz CT molecular complexity index is 992. The van der Waals surface area contributed by atoms with Gasteiger partial charge in [0.05, 0.1) is 0 Å². The molecule has 0 saturated heterocycles. The van der Waals surface area contributed by atoms with Crippen molar-refractivity contribution in [3.8, 4) is 0 Å². The Kier molecular flexibility index (Phi) is 4.67. The molecule has 4 rings (SSSR count). The molecule has 1 unspecified atom stereocenters. The number of aryl methyl sites for hydroxylation is 1. The van der Waals surface area contributed by atoms with Crippen LogP contribution in [-0.2, 0) is 22.4 Å². The highest BCUT2D eigenvalue weighted by atomic mass is 16.4. The fourth-order valence-corrected chi connectivity index (χ4v) is 4.01. The van der Waals surface area contributed by atoms with Crippen LogP contribution in [0.2, 0.25) is 0 Å². The number of amides is 1. The fraction of sp³-hybridized carbons (Fsp3) is 0.273. The van der Waals surface area contributed by atoms with E-state index in [4.69, 9.17) is 0 Å². The van der Waals surface area contributed by atoms with Crippen molar-refractivity contribution in [1.29, 1.82) is 0 Å². The molecular formula is C22H22N2O3. The van der Waals surface area contributed by atoms with E-state index in [1.54, 1.807) is 0 Å². The average molecular weight is 362 g/mol. The molecule has 5 nitrogen and oxygen atoms in total. The minimum Gasteiger partial charge on any atom is -0.479 e. The SMILES string of the molecule is O=C(O)C1c2ccccc2CCN1C(=O)CCCc1c[nH]c2ccccc12. The number of hydrogen-bond acceptors (Lipinski definition) is 2. The summed E-state index contributed by atoms with van der Waals surface area (Å²) in [4.78, 5) is 29.4. The summed E-state index contributed by atoms with van der Waals surface area (Å²) in [6.45, 7) is 0.458. The van der Waals surface area contributed by atoms with Crippen LogP contribution in [-0.4, -0.2) is 33.4 Å². The molecule has 1 atom stereocenters. The van der Waals surface area contributed by atoms with Crippen molar-refractivity contribution < 1.29 is 14.7 Å². The van der Waals surface area contributed by atoms with Crippen LogP contribution in [0.4, 0.5) is 0 Å². The van der Waals surface area contributed by atoms with Crippen LogP contribution in [0.5, 0.6) is 0 Å². The molecule has 27 heavy (non-hydrogen) atoms. The number of carbonyl (C=O) groups is 2. The third-order valence-electron chi connectivity index (χ3n) is 5.35. The van der Waals surface area contributed by atoms with Gasteiger partial charge >= 0.3 is 5.97 Å². The Morgan fingerprint density at radius 3 is 2.74 bits per heavy atom. The van der Waals surface area contributed by atoms with Gasteiger partial charge in [0.25, 0.3) is 0 Å². The van der Waals surface area contributed by atoms with Gasteiger partial charge in [0.1, 0.15) is 0 Å². The maximum Gasteiger partial charge on any atom is 0.331 e. The van der Waals surface area contributed by atoms with E-state index in [2.05, 4.69) is 11.1 Å². The first-order chi connectivity index (χ1) is 13.1. The van der Waals surface area contributed by atoms with Gasteiger partial charge in [-0.25, -0.2) is 4.79 Å². The molecule has 0 radical (unpaired) electrons. The standard InChI is InChI=1S/C22H22N2O3/c25-20(11-5-7-16-14-23-19-10-4-3-8-17(16)19)24-13-12-15-6-1-2-9-18(15)21(24)22(26)27/h1-4,6,8-10,14,21,23H,5,7,11-13H2,(H,26,27). The summed E-state index contributed by atoms with van der Waals surface area (Å²) in [6.07, 6.45) is 4.54. The van der Waals surface area contributed by atoms with Gasteiger partial charge in [-0.2, -0.15) is 0 Å². The number of fused-ring (bicyclic) bond motifs is 2. The molecule has 2 N–H and O–H groups in total. The van der Waals surface area contributed by atoms with Crippen molar-refractivity contribution in [3.63, 3.8) is 0 Å². The van der Waals surface area contributed by atoms with E-state index >= 15 is 0 Å². The number of para-hydroxylation sites is 1. The number of aromatic amines is 1. The fourth-order valence-electron chi connectivity index (χ4n) is 4.01. The maximum atomic E-state index is 12.8. The van der Waals surface area contributed by atoms with E-state index in [1.807, 2.05) is 48.7 Å². The summed E-state index contributed by atoms with van der Waals surface area (Å²) < 4.78 is 0. The molecule has 1 aliphatic heterocycles. The van der Waals surface area contributed by atoms with Crippen molar-refractivity contribution in [1.82, 2.24) is 9.88 Å². The smallest absolute Gasteiger partial charge is 0.331 e. The molecule has 1 aliphatic rings. The van der Waals surface area contributed by atoms with Crippen molar-refractivity contribution in [2.24, 2.45) is 0 Å². The first-order valence-electron chi connectivity index (χ1n) is 9.30. The predicted octanol–water partition coefficient (Wildman–Crippen LogP) is 3.70. The molecular weight excluding hydrogens is 340 g/mol. The van der Waals surface area contributed by atoms with Gasteiger partial charge in [0, 0.05) is 30.1 Å². The summed E-state index contributed by atoms with van der Waals surface area (Å²) in [5.41, 5.74) is 4.04. The lowest BCUT2D eigenvalue weighted by Crippen LogP contribution is -2.43. The highest BCUT2D eigenvalue weighted by molar-refractivity contribution is 5.86. The number of rotatable bonds is 5. The number of nitrogens with zero attached hydrogens (tertiary/aromatic N) is 1. The first-order valence-corrected chi connectivity index (χ1v) is 9.30. The Hall–Kier alpha value is -3.08. The molecule has 5 heteroatoms. The highest BCUT2D eigenvalue weighted by Crippen LogP contribution is 2.30. The van der Waals surface area contributed by atoms with Crippen LogP contribution >= 0.6 is 0 Å². The Labute approximate surface area is 157 Å². The Morgan fingerprint density at radius 2 is 1.89 bits per heavy atom. The number of nitrogens with one attached hydrogen (secondary N) is 1. The number of benzene rings is 2. The van der Waals surface area contributed by atoms with Crippen molar-refractivity contribution in [3.05, 3.63) is 71.4 Å². The average Bonchev–Trinajstić information content (AvgIpc) is 3.10. The molecule has 2 aromatic carbocycles. The number of H-pyrrole nitrogens is 1. The number of aliphatic carboxylic acids is 1. The van der Waals surface area contributed by atoms with Gasteiger partial charge < -0.3 is 15.0 Å². The van der Waals surface area contributed by atoms with E-state index in [1.165, 1.54) is 15.8 Å². The third kappa shape index (κ3) is 3.33. The van der Waals surface area contributed by atoms with Crippen LogP contribution in [0.3, 0.4) is 0 Å². The normalized spacial score (nSPS) is 16.3. The van der Waals surface area contributed by atoms with E-state index in [-0.39, 0.29) is 5.91 Å². The monoisotopic (exact) mass is 362 g/mol. The Balaban J connectivity index is 1.44. The van der Waals surface area contributed by atoms with Crippen LogP contribution in [0, 0.1) is 0 Å². The number of aromatic nitrogens is 1. The minimum absolute atomic E-state index is 0.0863. The van der Waals surface area contributed by atoms with Crippen molar-refractivity contribution in [2.75, 3.05) is 6.54 Å². The van der Waals surface area contributed by atoms with Gasteiger partial charge in [-0.05, 0) is 42.0 Å². The summed E-state index contributed by atoms with van der Waals surface area (Å²) in [5.74, 6) is -1.05.